The molecule has 0 spiro atoms. The van der Waals surface area contributed by atoms with E-state index in [1.807, 2.05) is 0 Å². The van der Waals surface area contributed by atoms with E-state index in [9.17, 15) is 9.18 Å². The van der Waals surface area contributed by atoms with Crippen LogP contribution in [0.1, 0.15) is 64.9 Å². The molecular weight excluding hydrogens is 325 g/mol. The minimum atomic E-state index is -0.247. The first-order valence-electron chi connectivity index (χ1n) is 9.55. The number of carbonyl (C=O) groups excluding carboxylic acids is 1. The molecule has 0 saturated heterocycles. The molecule has 3 heteroatoms. The summed E-state index contributed by atoms with van der Waals surface area (Å²) >= 11 is 0. The van der Waals surface area contributed by atoms with Crippen molar-refractivity contribution in [3.63, 3.8) is 0 Å². The highest BCUT2D eigenvalue weighted by atomic mass is 19.1. The summed E-state index contributed by atoms with van der Waals surface area (Å²) in [6.07, 6.45) is 9.99. The number of carbonyl (C=O) groups is 1. The third-order valence-electron chi connectivity index (χ3n) is 5.26. The highest BCUT2D eigenvalue weighted by molar-refractivity contribution is 6.02. The van der Waals surface area contributed by atoms with E-state index < -0.39 is 0 Å². The SMILES string of the molecule is CC(C)(C)C1=CC(NC(=O)C2=C(c3ccc(F)cc3)CCCC2)=CCC1. The van der Waals surface area contributed by atoms with Gasteiger partial charge in [-0.25, -0.2) is 4.39 Å². The number of hydrogen-bond acceptors (Lipinski definition) is 1. The van der Waals surface area contributed by atoms with Crippen LogP contribution in [0.3, 0.4) is 0 Å². The van der Waals surface area contributed by atoms with Crippen LogP contribution in [0.15, 0.2) is 53.3 Å². The summed E-state index contributed by atoms with van der Waals surface area (Å²) in [7, 11) is 0. The molecular formula is C23H28FNO. The molecule has 0 aliphatic heterocycles. The second-order valence-corrected chi connectivity index (χ2v) is 8.24. The number of hydrogen-bond donors (Lipinski definition) is 1. The van der Waals surface area contributed by atoms with Gasteiger partial charge in [0.05, 0.1) is 0 Å². The first-order valence-corrected chi connectivity index (χ1v) is 9.55. The largest absolute Gasteiger partial charge is 0.323 e. The van der Waals surface area contributed by atoms with E-state index in [2.05, 4.69) is 38.2 Å². The molecule has 0 radical (unpaired) electrons. The Morgan fingerprint density at radius 3 is 2.42 bits per heavy atom. The summed E-state index contributed by atoms with van der Waals surface area (Å²) in [4.78, 5) is 13.0. The Kier molecular flexibility index (Phi) is 5.45. The summed E-state index contributed by atoms with van der Waals surface area (Å²) in [6.45, 7) is 6.62. The van der Waals surface area contributed by atoms with Gasteiger partial charge in [0.2, 0.25) is 0 Å². The Morgan fingerprint density at radius 2 is 1.73 bits per heavy atom. The van der Waals surface area contributed by atoms with Gasteiger partial charge in [-0.1, -0.05) is 44.6 Å². The van der Waals surface area contributed by atoms with Gasteiger partial charge >= 0.3 is 0 Å². The van der Waals surface area contributed by atoms with E-state index in [0.29, 0.717) is 0 Å². The van der Waals surface area contributed by atoms with E-state index in [1.54, 1.807) is 12.1 Å². The molecule has 0 fully saturated rings. The van der Waals surface area contributed by atoms with E-state index in [4.69, 9.17) is 0 Å². The van der Waals surface area contributed by atoms with Gasteiger partial charge in [-0.3, -0.25) is 4.79 Å². The molecule has 1 amide bonds. The van der Waals surface area contributed by atoms with Crippen molar-refractivity contribution in [2.75, 3.05) is 0 Å². The van der Waals surface area contributed by atoms with Crippen molar-refractivity contribution in [1.82, 2.24) is 5.32 Å². The average Bonchev–Trinajstić information content (AvgIpc) is 2.62. The Bertz CT molecular complexity index is 775. The minimum absolute atomic E-state index is 0.0123. The van der Waals surface area contributed by atoms with Crippen LogP contribution in [0.5, 0.6) is 0 Å². The standard InChI is InChI=1S/C23H28FNO/c1-23(2,3)17-7-6-8-19(15-17)25-22(26)21-10-5-4-9-20(21)16-11-13-18(24)14-12-16/h8,11-15H,4-7,9-10H2,1-3H3,(H,25,26). The van der Waals surface area contributed by atoms with Crippen LogP contribution in [-0.4, -0.2) is 5.91 Å². The quantitative estimate of drug-likeness (QED) is 0.718. The molecule has 2 aliphatic rings. The molecule has 2 aliphatic carbocycles. The van der Waals surface area contributed by atoms with Gasteiger partial charge < -0.3 is 5.32 Å². The van der Waals surface area contributed by atoms with Crippen LogP contribution in [0.4, 0.5) is 4.39 Å². The lowest BCUT2D eigenvalue weighted by Gasteiger charge is -2.26. The fourth-order valence-electron chi connectivity index (χ4n) is 3.71. The van der Waals surface area contributed by atoms with Crippen molar-refractivity contribution in [3.05, 3.63) is 64.6 Å². The zero-order chi connectivity index (χ0) is 18.7. The number of halogens is 1. The van der Waals surface area contributed by atoms with E-state index in [-0.39, 0.29) is 17.1 Å². The average molecular weight is 353 g/mol. The number of allylic oxidation sites excluding steroid dienone is 4. The fourth-order valence-corrected chi connectivity index (χ4v) is 3.71. The third-order valence-corrected chi connectivity index (χ3v) is 5.26. The highest BCUT2D eigenvalue weighted by Crippen LogP contribution is 2.34. The lowest BCUT2D eigenvalue weighted by atomic mass is 9.81. The lowest BCUT2D eigenvalue weighted by Crippen LogP contribution is -2.27. The van der Waals surface area contributed by atoms with E-state index in [1.165, 1.54) is 17.7 Å². The third kappa shape index (κ3) is 4.32. The van der Waals surface area contributed by atoms with Crippen LogP contribution in [0.2, 0.25) is 0 Å². The molecule has 0 aromatic heterocycles. The molecule has 0 unspecified atom stereocenters. The van der Waals surface area contributed by atoms with Crippen molar-refractivity contribution in [2.45, 2.75) is 59.3 Å². The first-order chi connectivity index (χ1) is 12.3. The smallest absolute Gasteiger partial charge is 0.251 e. The molecule has 0 saturated carbocycles. The van der Waals surface area contributed by atoms with Crippen LogP contribution in [0, 0.1) is 11.2 Å². The van der Waals surface area contributed by atoms with Crippen molar-refractivity contribution in [2.24, 2.45) is 5.41 Å². The summed E-state index contributed by atoms with van der Waals surface area (Å²) in [6, 6.07) is 6.49. The molecule has 0 bridgehead atoms. The summed E-state index contributed by atoms with van der Waals surface area (Å²) in [5.41, 5.74) is 5.26. The maximum absolute atomic E-state index is 13.2. The molecule has 1 aromatic carbocycles. The number of nitrogens with one attached hydrogen (secondary N) is 1. The van der Waals surface area contributed by atoms with Crippen LogP contribution in [0.25, 0.3) is 5.57 Å². The zero-order valence-electron chi connectivity index (χ0n) is 16.0. The molecule has 26 heavy (non-hydrogen) atoms. The molecule has 2 nitrogen and oxygen atoms in total. The van der Waals surface area contributed by atoms with Gasteiger partial charge in [0, 0.05) is 11.3 Å². The Labute approximate surface area is 155 Å². The Hall–Kier alpha value is -2.16. The Morgan fingerprint density at radius 1 is 1.04 bits per heavy atom. The number of amides is 1. The summed E-state index contributed by atoms with van der Waals surface area (Å²) in [5.74, 6) is -0.259. The number of rotatable bonds is 3. The summed E-state index contributed by atoms with van der Waals surface area (Å²) < 4.78 is 13.2. The highest BCUT2D eigenvalue weighted by Gasteiger charge is 2.23. The second kappa shape index (κ2) is 7.61. The van der Waals surface area contributed by atoms with Gasteiger partial charge in [-0.15, -0.1) is 0 Å². The van der Waals surface area contributed by atoms with Crippen molar-refractivity contribution < 1.29 is 9.18 Å². The maximum Gasteiger partial charge on any atom is 0.251 e. The van der Waals surface area contributed by atoms with Gasteiger partial charge in [0.15, 0.2) is 0 Å². The molecule has 1 N–H and O–H groups in total. The van der Waals surface area contributed by atoms with Gasteiger partial charge in [-0.2, -0.15) is 0 Å². The minimum Gasteiger partial charge on any atom is -0.323 e. The molecule has 138 valence electrons. The molecule has 0 heterocycles. The predicted octanol–water partition coefficient (Wildman–Crippen LogP) is 5.92. The van der Waals surface area contributed by atoms with Gasteiger partial charge in [-0.05, 0) is 73.3 Å². The van der Waals surface area contributed by atoms with Crippen LogP contribution in [-0.2, 0) is 4.79 Å². The van der Waals surface area contributed by atoms with Crippen LogP contribution >= 0.6 is 0 Å². The normalized spacial score (nSPS) is 18.3. The number of benzene rings is 1. The maximum atomic E-state index is 13.2. The van der Waals surface area contributed by atoms with Gasteiger partial charge in [0.25, 0.3) is 5.91 Å². The second-order valence-electron chi connectivity index (χ2n) is 8.24. The van der Waals surface area contributed by atoms with E-state index in [0.717, 1.165) is 60.9 Å². The predicted molar refractivity (Wildman–Crippen MR) is 105 cm³/mol. The lowest BCUT2D eigenvalue weighted by molar-refractivity contribution is -0.116. The first kappa shape index (κ1) is 18.6. The van der Waals surface area contributed by atoms with Crippen LogP contribution < -0.4 is 5.32 Å². The van der Waals surface area contributed by atoms with Crippen molar-refractivity contribution >= 4 is 11.5 Å². The molecule has 0 atom stereocenters. The molecule has 3 rings (SSSR count). The molecule has 1 aromatic rings. The monoisotopic (exact) mass is 353 g/mol. The Balaban J connectivity index is 1.84. The van der Waals surface area contributed by atoms with Gasteiger partial charge in [0.1, 0.15) is 5.82 Å². The topological polar surface area (TPSA) is 29.1 Å². The van der Waals surface area contributed by atoms with Crippen molar-refractivity contribution in [1.29, 1.82) is 0 Å². The fraction of sp³-hybridized carbons (Fsp3) is 0.435. The van der Waals surface area contributed by atoms with E-state index >= 15 is 0 Å². The van der Waals surface area contributed by atoms with Crippen molar-refractivity contribution in [3.8, 4) is 0 Å². The zero-order valence-corrected chi connectivity index (χ0v) is 16.0. The summed E-state index contributed by atoms with van der Waals surface area (Å²) in [5, 5.41) is 3.12.